The molecule has 2 aromatic heterocycles. The van der Waals surface area contributed by atoms with Crippen molar-refractivity contribution in [1.82, 2.24) is 20.0 Å². The van der Waals surface area contributed by atoms with E-state index in [0.29, 0.717) is 36.4 Å². The van der Waals surface area contributed by atoms with Crippen molar-refractivity contribution in [3.63, 3.8) is 0 Å². The van der Waals surface area contributed by atoms with E-state index in [1.165, 1.54) is 18.2 Å². The van der Waals surface area contributed by atoms with Gasteiger partial charge in [-0.2, -0.15) is 4.98 Å². The minimum Gasteiger partial charge on any atom is -0.431 e. The Morgan fingerprint density at radius 2 is 2.29 bits per heavy atom. The first-order valence-electron chi connectivity index (χ1n) is 7.43. The number of benzene rings is 1. The molecule has 0 unspecified atom stereocenters. The topological polar surface area (TPSA) is 94.5 Å². The van der Waals surface area contributed by atoms with Crippen molar-refractivity contribution in [1.29, 1.82) is 0 Å². The van der Waals surface area contributed by atoms with Crippen LogP contribution in [0.2, 0.25) is 0 Å². The zero-order valence-corrected chi connectivity index (χ0v) is 13.4. The van der Waals surface area contributed by atoms with Gasteiger partial charge in [0.05, 0.1) is 19.0 Å². The number of nitrogens with zero attached hydrogens (tertiary/aromatic N) is 4. The zero-order chi connectivity index (χ0) is 16.4. The fourth-order valence-electron chi connectivity index (χ4n) is 2.56. The summed E-state index contributed by atoms with van der Waals surface area (Å²) < 4.78 is 15.8. The molecule has 0 N–H and O–H groups in total. The van der Waals surface area contributed by atoms with Crippen LogP contribution in [0.25, 0.3) is 11.1 Å². The molecule has 24 heavy (non-hydrogen) atoms. The Balaban J connectivity index is 1.44. The van der Waals surface area contributed by atoms with Gasteiger partial charge in [-0.3, -0.25) is 4.79 Å². The lowest BCUT2D eigenvalue weighted by molar-refractivity contribution is -0.137. The number of fused-ring (bicyclic) bond motifs is 1. The number of carbonyl (C=O) groups is 1. The van der Waals surface area contributed by atoms with Gasteiger partial charge in [0.1, 0.15) is 11.6 Å². The molecule has 1 aliphatic heterocycles. The van der Waals surface area contributed by atoms with Crippen molar-refractivity contribution in [2.45, 2.75) is 11.3 Å². The Hall–Kier alpha value is -2.39. The van der Waals surface area contributed by atoms with Crippen LogP contribution in [0.15, 0.2) is 44.8 Å². The smallest absolute Gasteiger partial charge is 0.257 e. The predicted molar refractivity (Wildman–Crippen MR) is 84.3 cm³/mol. The van der Waals surface area contributed by atoms with Gasteiger partial charge >= 0.3 is 0 Å². The van der Waals surface area contributed by atoms with Crippen molar-refractivity contribution in [2.75, 3.05) is 25.5 Å². The van der Waals surface area contributed by atoms with Gasteiger partial charge in [-0.15, -0.1) is 0 Å². The van der Waals surface area contributed by atoms with E-state index in [1.807, 2.05) is 24.3 Å². The lowest BCUT2D eigenvalue weighted by atomic mass is 10.2. The molecule has 0 radical (unpaired) electrons. The zero-order valence-electron chi connectivity index (χ0n) is 12.6. The van der Waals surface area contributed by atoms with Crippen LogP contribution in [0, 0.1) is 0 Å². The van der Waals surface area contributed by atoms with Gasteiger partial charge in [0.15, 0.2) is 11.4 Å². The van der Waals surface area contributed by atoms with Gasteiger partial charge in [0.2, 0.25) is 12.3 Å². The summed E-state index contributed by atoms with van der Waals surface area (Å²) in [7, 11) is 0. The maximum atomic E-state index is 12.6. The van der Waals surface area contributed by atoms with Gasteiger partial charge in [-0.25, -0.2) is 4.98 Å². The van der Waals surface area contributed by atoms with E-state index in [-0.39, 0.29) is 17.7 Å². The molecule has 0 saturated carbocycles. The van der Waals surface area contributed by atoms with Gasteiger partial charge in [0, 0.05) is 6.54 Å². The first kappa shape index (κ1) is 15.2. The summed E-state index contributed by atoms with van der Waals surface area (Å²) in [6.07, 6.45) is 1.25. The number of hydrogen-bond donors (Lipinski definition) is 0. The summed E-state index contributed by atoms with van der Waals surface area (Å²) >= 11 is 1.27. The van der Waals surface area contributed by atoms with Crippen LogP contribution < -0.4 is 0 Å². The maximum Gasteiger partial charge on any atom is 0.257 e. The molecule has 4 rings (SSSR count). The first-order chi connectivity index (χ1) is 11.8. The van der Waals surface area contributed by atoms with E-state index in [1.54, 1.807) is 4.90 Å². The van der Waals surface area contributed by atoms with E-state index in [2.05, 4.69) is 15.1 Å². The number of amides is 1. The lowest BCUT2D eigenvalue weighted by Crippen LogP contribution is -2.44. The summed E-state index contributed by atoms with van der Waals surface area (Å²) in [4.78, 5) is 22.7. The third-order valence-corrected chi connectivity index (χ3v) is 4.53. The van der Waals surface area contributed by atoms with Crippen molar-refractivity contribution in [3.05, 3.63) is 36.5 Å². The number of thioether (sulfide) groups is 1. The average Bonchev–Trinajstić information content (AvgIpc) is 3.28. The minimum absolute atomic E-state index is 0.0413. The minimum atomic E-state index is -0.325. The Bertz CT molecular complexity index is 802. The number of ether oxygens (including phenoxy) is 1. The molecular formula is C15H14N4O4S. The van der Waals surface area contributed by atoms with Crippen LogP contribution in [-0.4, -0.2) is 51.4 Å². The van der Waals surface area contributed by atoms with Crippen LogP contribution in [-0.2, 0) is 9.53 Å². The number of oxazole rings is 1. The molecule has 9 heteroatoms. The molecule has 3 heterocycles. The summed E-state index contributed by atoms with van der Waals surface area (Å²) in [6, 6.07) is 7.18. The average molecular weight is 346 g/mol. The molecule has 8 nitrogen and oxygen atoms in total. The Labute approximate surface area is 141 Å². The monoisotopic (exact) mass is 346 g/mol. The van der Waals surface area contributed by atoms with E-state index in [9.17, 15) is 4.79 Å². The van der Waals surface area contributed by atoms with Crippen molar-refractivity contribution in [2.24, 2.45) is 0 Å². The fourth-order valence-corrected chi connectivity index (χ4v) is 3.29. The van der Waals surface area contributed by atoms with Crippen LogP contribution in [0.1, 0.15) is 11.9 Å². The number of hydrogen-bond acceptors (Lipinski definition) is 8. The van der Waals surface area contributed by atoms with Crippen LogP contribution in [0.5, 0.6) is 0 Å². The fraction of sp³-hybridized carbons (Fsp3) is 0.333. The van der Waals surface area contributed by atoms with Crippen LogP contribution in [0.3, 0.4) is 0 Å². The molecule has 0 spiro atoms. The third-order valence-electron chi connectivity index (χ3n) is 3.72. The first-order valence-corrected chi connectivity index (χ1v) is 8.41. The number of morpholine rings is 1. The highest BCUT2D eigenvalue weighted by molar-refractivity contribution is 7.99. The third kappa shape index (κ3) is 3.00. The molecule has 1 atom stereocenters. The highest BCUT2D eigenvalue weighted by Gasteiger charge is 2.31. The van der Waals surface area contributed by atoms with E-state index in [0.717, 1.165) is 5.52 Å². The number of aromatic nitrogens is 3. The summed E-state index contributed by atoms with van der Waals surface area (Å²) in [5, 5.41) is 4.30. The van der Waals surface area contributed by atoms with Crippen molar-refractivity contribution < 1.29 is 18.5 Å². The van der Waals surface area contributed by atoms with E-state index >= 15 is 0 Å². The summed E-state index contributed by atoms with van der Waals surface area (Å²) in [6.45, 7) is 1.35. The maximum absolute atomic E-state index is 12.6. The van der Waals surface area contributed by atoms with Gasteiger partial charge in [0.25, 0.3) is 5.22 Å². The number of carbonyl (C=O) groups excluding carboxylic acids is 1. The summed E-state index contributed by atoms with van der Waals surface area (Å²) in [5.41, 5.74) is 1.49. The molecule has 1 fully saturated rings. The number of rotatable bonds is 4. The molecule has 1 aliphatic rings. The van der Waals surface area contributed by atoms with Gasteiger partial charge in [-0.05, 0) is 12.1 Å². The van der Waals surface area contributed by atoms with Crippen LogP contribution >= 0.6 is 11.8 Å². The second kappa shape index (κ2) is 6.62. The molecular weight excluding hydrogens is 332 g/mol. The van der Waals surface area contributed by atoms with Gasteiger partial charge < -0.3 is 18.6 Å². The quantitative estimate of drug-likeness (QED) is 0.661. The standard InChI is InChI=1S/C15H14N4O4S/c20-13(8-24-15-17-10-3-1-2-4-12(10)23-15)19-5-6-21-7-11(19)14-16-9-22-18-14/h1-4,9,11H,5-8H2/t11-/m0/s1. The lowest BCUT2D eigenvalue weighted by Gasteiger charge is -2.33. The molecule has 124 valence electrons. The second-order valence-electron chi connectivity index (χ2n) is 5.20. The van der Waals surface area contributed by atoms with E-state index < -0.39 is 0 Å². The van der Waals surface area contributed by atoms with Gasteiger partial charge in [-0.1, -0.05) is 29.1 Å². The summed E-state index contributed by atoms with van der Waals surface area (Å²) in [5.74, 6) is 0.636. The molecule has 0 bridgehead atoms. The molecule has 0 aliphatic carbocycles. The molecule has 1 saturated heterocycles. The SMILES string of the molecule is O=C(CSc1nc2ccccc2o1)N1CCOC[C@H]1c1ncon1. The van der Waals surface area contributed by atoms with Crippen molar-refractivity contribution >= 4 is 28.8 Å². The Kier molecular flexibility index (Phi) is 4.18. The number of para-hydroxylation sites is 2. The molecule has 1 amide bonds. The predicted octanol–water partition coefficient (Wildman–Crippen LogP) is 1.90. The largest absolute Gasteiger partial charge is 0.431 e. The van der Waals surface area contributed by atoms with E-state index in [4.69, 9.17) is 13.7 Å². The molecule has 1 aromatic carbocycles. The Morgan fingerprint density at radius 1 is 1.38 bits per heavy atom. The van der Waals surface area contributed by atoms with Crippen molar-refractivity contribution in [3.8, 4) is 0 Å². The molecule has 3 aromatic rings. The highest BCUT2D eigenvalue weighted by atomic mass is 32.2. The highest BCUT2D eigenvalue weighted by Crippen LogP contribution is 2.26. The second-order valence-corrected chi connectivity index (χ2v) is 6.13. The Morgan fingerprint density at radius 3 is 3.12 bits per heavy atom. The van der Waals surface area contributed by atoms with Crippen LogP contribution in [0.4, 0.5) is 0 Å². The normalized spacial score (nSPS) is 18.2.